The average Bonchev–Trinajstić information content (AvgIpc) is 3.23. The van der Waals surface area contributed by atoms with Gasteiger partial charge in [-0.1, -0.05) is 270 Å². The molecule has 0 heterocycles. The third kappa shape index (κ3) is 43.2. The van der Waals surface area contributed by atoms with Crippen molar-refractivity contribution in [2.24, 2.45) is 0 Å². The highest BCUT2D eigenvalue weighted by Gasteiger charge is 2.23. The van der Waals surface area contributed by atoms with Crippen LogP contribution in [0.2, 0.25) is 0 Å². The van der Waals surface area contributed by atoms with Crippen molar-refractivity contribution in [3.8, 4) is 0 Å². The zero-order valence-electron chi connectivity index (χ0n) is 39.5. The zero-order chi connectivity index (χ0) is 42.3. The Hall–Kier alpha value is -0.910. The molecule has 3 unspecified atom stereocenters. The van der Waals surface area contributed by atoms with Crippen LogP contribution in [0.1, 0.15) is 296 Å². The summed E-state index contributed by atoms with van der Waals surface area (Å²) in [4.78, 5) is 12.5. The van der Waals surface area contributed by atoms with Crippen LogP contribution in [0.5, 0.6) is 0 Å². The number of nitrogens with one attached hydrogen (secondary N) is 1. The minimum Gasteiger partial charge on any atom is -0.394 e. The third-order valence-corrected chi connectivity index (χ3v) is 12.6. The van der Waals surface area contributed by atoms with E-state index in [-0.39, 0.29) is 6.61 Å². The summed E-state index contributed by atoms with van der Waals surface area (Å²) in [6.07, 6.45) is 59.5. The van der Waals surface area contributed by atoms with E-state index in [0.29, 0.717) is 12.8 Å². The van der Waals surface area contributed by atoms with Gasteiger partial charge in [0, 0.05) is 0 Å². The van der Waals surface area contributed by atoms with E-state index < -0.39 is 24.2 Å². The van der Waals surface area contributed by atoms with E-state index in [1.807, 2.05) is 0 Å². The summed E-state index contributed by atoms with van der Waals surface area (Å²) >= 11 is 0. The SMILES string of the molecule is CCCCCCCCCCCCCC/C=C\CCCCCCCCCCC(O)C(=O)NC(CO)C(O)CCCCCCCCCCCCCCCCCCCCCC. The highest BCUT2D eigenvalue weighted by atomic mass is 16.3. The first kappa shape index (κ1) is 57.1. The Morgan fingerprint density at radius 3 is 0.948 bits per heavy atom. The quantitative estimate of drug-likeness (QED) is 0.0364. The molecule has 4 N–H and O–H groups in total. The van der Waals surface area contributed by atoms with Gasteiger partial charge >= 0.3 is 0 Å². The Labute approximate surface area is 363 Å². The largest absolute Gasteiger partial charge is 0.394 e. The fraction of sp³-hybridized carbons (Fsp3) is 0.943. The number of amides is 1. The maximum atomic E-state index is 12.5. The van der Waals surface area contributed by atoms with Gasteiger partial charge in [-0.05, 0) is 38.5 Å². The van der Waals surface area contributed by atoms with Crippen LogP contribution in [-0.2, 0) is 4.79 Å². The minimum absolute atomic E-state index is 0.311. The van der Waals surface area contributed by atoms with Crippen LogP contribution in [0.4, 0.5) is 0 Å². The molecule has 1 amide bonds. The van der Waals surface area contributed by atoms with Gasteiger partial charge in [0.25, 0.3) is 0 Å². The second-order valence-electron chi connectivity index (χ2n) is 18.4. The van der Waals surface area contributed by atoms with Gasteiger partial charge in [-0.2, -0.15) is 0 Å². The summed E-state index contributed by atoms with van der Waals surface area (Å²) in [5.74, 6) is -0.468. The topological polar surface area (TPSA) is 89.8 Å². The lowest BCUT2D eigenvalue weighted by atomic mass is 10.0. The van der Waals surface area contributed by atoms with Crippen LogP contribution in [0.3, 0.4) is 0 Å². The van der Waals surface area contributed by atoms with Crippen molar-refractivity contribution in [2.75, 3.05) is 6.61 Å². The standard InChI is InChI=1S/C53H105NO4/c1-3-5-7-9-11-13-15-17-19-21-23-25-26-27-28-30-32-34-36-38-40-42-44-46-48-52(57)53(58)54-50(49-55)51(56)47-45-43-41-39-37-35-33-31-29-24-22-20-18-16-14-12-10-8-6-4-2/h27-28,50-52,55-57H,3-26,29-49H2,1-2H3,(H,54,58)/b28-27-. The van der Waals surface area contributed by atoms with Crippen LogP contribution in [0.25, 0.3) is 0 Å². The van der Waals surface area contributed by atoms with Crippen LogP contribution >= 0.6 is 0 Å². The molecular formula is C53H105NO4. The molecule has 0 radical (unpaired) electrons. The van der Waals surface area contributed by atoms with Crippen molar-refractivity contribution in [3.63, 3.8) is 0 Å². The van der Waals surface area contributed by atoms with Gasteiger partial charge in [0.2, 0.25) is 5.91 Å². The first-order valence-corrected chi connectivity index (χ1v) is 26.5. The van der Waals surface area contributed by atoms with Crippen molar-refractivity contribution in [1.29, 1.82) is 0 Å². The van der Waals surface area contributed by atoms with E-state index in [2.05, 4.69) is 31.3 Å². The number of hydrogen-bond donors (Lipinski definition) is 4. The van der Waals surface area contributed by atoms with Crippen molar-refractivity contribution in [2.45, 2.75) is 315 Å². The second-order valence-corrected chi connectivity index (χ2v) is 18.4. The Balaban J connectivity index is 3.55. The number of allylic oxidation sites excluding steroid dienone is 2. The summed E-state index contributed by atoms with van der Waals surface area (Å²) in [6, 6.07) is -0.711. The van der Waals surface area contributed by atoms with Crippen LogP contribution in [0, 0.1) is 0 Å². The van der Waals surface area contributed by atoms with E-state index in [9.17, 15) is 20.1 Å². The molecule has 0 aromatic carbocycles. The summed E-state index contributed by atoms with van der Waals surface area (Å²) in [5, 5.41) is 33.5. The number of hydrogen-bond acceptors (Lipinski definition) is 4. The van der Waals surface area contributed by atoms with Gasteiger partial charge in [-0.15, -0.1) is 0 Å². The van der Waals surface area contributed by atoms with Gasteiger partial charge in [0.1, 0.15) is 6.10 Å². The molecule has 5 heteroatoms. The number of aliphatic hydroxyl groups excluding tert-OH is 3. The van der Waals surface area contributed by atoms with E-state index in [0.717, 1.165) is 32.1 Å². The van der Waals surface area contributed by atoms with Crippen LogP contribution in [-0.4, -0.2) is 46.1 Å². The van der Waals surface area contributed by atoms with Crippen molar-refractivity contribution in [3.05, 3.63) is 12.2 Å². The van der Waals surface area contributed by atoms with E-state index >= 15 is 0 Å². The predicted octanol–water partition coefficient (Wildman–Crippen LogP) is 15.9. The molecule has 58 heavy (non-hydrogen) atoms. The van der Waals surface area contributed by atoms with Crippen molar-refractivity contribution >= 4 is 5.91 Å². The lowest BCUT2D eigenvalue weighted by Gasteiger charge is -2.23. The third-order valence-electron chi connectivity index (χ3n) is 12.6. The van der Waals surface area contributed by atoms with Crippen molar-refractivity contribution < 1.29 is 20.1 Å². The van der Waals surface area contributed by atoms with Crippen molar-refractivity contribution in [1.82, 2.24) is 5.32 Å². The molecule has 0 bridgehead atoms. The first-order chi connectivity index (χ1) is 28.6. The predicted molar refractivity (Wildman–Crippen MR) is 255 cm³/mol. The molecule has 0 fully saturated rings. The second kappa shape index (κ2) is 48.8. The summed E-state index contributed by atoms with van der Waals surface area (Å²) < 4.78 is 0. The lowest BCUT2D eigenvalue weighted by Crippen LogP contribution is -2.49. The van der Waals surface area contributed by atoms with E-state index in [1.165, 1.54) is 238 Å². The number of rotatable bonds is 49. The van der Waals surface area contributed by atoms with Gasteiger partial charge in [0.15, 0.2) is 0 Å². The molecule has 5 nitrogen and oxygen atoms in total. The normalized spacial score (nSPS) is 13.4. The molecular weight excluding hydrogens is 715 g/mol. The van der Waals surface area contributed by atoms with Gasteiger partial charge in [-0.3, -0.25) is 4.79 Å². The Bertz CT molecular complexity index is 818. The average molecular weight is 820 g/mol. The lowest BCUT2D eigenvalue weighted by molar-refractivity contribution is -0.131. The molecule has 0 rings (SSSR count). The molecule has 0 aliphatic heterocycles. The molecule has 346 valence electrons. The molecule has 0 aliphatic rings. The number of unbranched alkanes of at least 4 members (excludes halogenated alkanes) is 39. The molecule has 0 aromatic heterocycles. The Kier molecular flexibility index (Phi) is 48.0. The molecule has 0 aliphatic carbocycles. The highest BCUT2D eigenvalue weighted by molar-refractivity contribution is 5.80. The zero-order valence-corrected chi connectivity index (χ0v) is 39.5. The maximum absolute atomic E-state index is 12.5. The van der Waals surface area contributed by atoms with E-state index in [1.54, 1.807) is 0 Å². The fourth-order valence-corrected chi connectivity index (χ4v) is 8.48. The highest BCUT2D eigenvalue weighted by Crippen LogP contribution is 2.17. The monoisotopic (exact) mass is 820 g/mol. The molecule has 0 aromatic rings. The van der Waals surface area contributed by atoms with Crippen LogP contribution < -0.4 is 5.32 Å². The summed E-state index contributed by atoms with van der Waals surface area (Å²) in [6.45, 7) is 4.27. The Morgan fingerprint density at radius 1 is 0.397 bits per heavy atom. The molecule has 0 saturated heterocycles. The Morgan fingerprint density at radius 2 is 0.655 bits per heavy atom. The molecule has 0 saturated carbocycles. The molecule has 0 spiro atoms. The fourth-order valence-electron chi connectivity index (χ4n) is 8.48. The summed E-state index contributed by atoms with van der Waals surface area (Å²) in [5.41, 5.74) is 0. The van der Waals surface area contributed by atoms with Gasteiger partial charge < -0.3 is 20.6 Å². The van der Waals surface area contributed by atoms with Crippen LogP contribution in [0.15, 0.2) is 12.2 Å². The van der Waals surface area contributed by atoms with Gasteiger partial charge in [0.05, 0.1) is 18.8 Å². The summed E-state index contributed by atoms with van der Waals surface area (Å²) in [7, 11) is 0. The first-order valence-electron chi connectivity index (χ1n) is 26.5. The maximum Gasteiger partial charge on any atom is 0.249 e. The van der Waals surface area contributed by atoms with Gasteiger partial charge in [-0.25, -0.2) is 0 Å². The number of aliphatic hydroxyl groups is 3. The number of carbonyl (C=O) groups is 1. The number of carbonyl (C=O) groups excluding carboxylic acids is 1. The van der Waals surface area contributed by atoms with E-state index in [4.69, 9.17) is 0 Å². The smallest absolute Gasteiger partial charge is 0.249 e. The molecule has 3 atom stereocenters. The minimum atomic E-state index is -1.08.